The van der Waals surface area contributed by atoms with Crippen LogP contribution in [0.5, 0.6) is 0 Å². The van der Waals surface area contributed by atoms with E-state index >= 15 is 0 Å². The summed E-state index contributed by atoms with van der Waals surface area (Å²) >= 11 is 0. The Labute approximate surface area is 488 Å². The number of aromatic nitrogens is 5. The molecule has 5 nitrogen and oxygen atoms in total. The van der Waals surface area contributed by atoms with Gasteiger partial charge in [0.05, 0.1) is 0 Å². The fraction of sp³-hybridized carbons (Fsp3) is 0.203. The van der Waals surface area contributed by atoms with E-state index in [9.17, 15) is 0 Å². The van der Waals surface area contributed by atoms with Crippen LogP contribution >= 0.6 is 0 Å². The summed E-state index contributed by atoms with van der Waals surface area (Å²) in [6.07, 6.45) is 3.71. The summed E-state index contributed by atoms with van der Waals surface area (Å²) in [5.74, 6) is 2.39. The zero-order valence-corrected chi connectivity index (χ0v) is 50.2. The monoisotopic (exact) mass is 1220 g/mol. The molecule has 0 aliphatic heterocycles. The van der Waals surface area contributed by atoms with Gasteiger partial charge in [-0.3, -0.25) is 0 Å². The smallest absolute Gasteiger partial charge is 0.165 e. The summed E-state index contributed by atoms with van der Waals surface area (Å²) < 4.78 is 0. The topological polar surface area (TPSA) is 64.5 Å². The number of benzene rings is 8. The Morgan fingerprint density at radius 3 is 1.32 bits per heavy atom. The Kier molecular flexibility index (Phi) is 16.8. The van der Waals surface area contributed by atoms with Crippen LogP contribution in [-0.4, -0.2) is 24.9 Å². The molecule has 0 saturated heterocycles. The third-order valence-electron chi connectivity index (χ3n) is 14.7. The van der Waals surface area contributed by atoms with E-state index in [1.807, 2.05) is 54.9 Å². The summed E-state index contributed by atoms with van der Waals surface area (Å²) in [7, 11) is 0. The molecular weight excluding hydrogens is 1150 g/mol. The molecule has 0 aliphatic rings. The number of hydrogen-bond acceptors (Lipinski definition) is 5. The Bertz CT molecular complexity index is 3780. The Balaban J connectivity index is 0.000000192. The predicted molar refractivity (Wildman–Crippen MR) is 331 cm³/mol. The van der Waals surface area contributed by atoms with Crippen molar-refractivity contribution in [2.24, 2.45) is 0 Å². The number of nitrogens with zero attached hydrogens (tertiary/aromatic N) is 5. The van der Waals surface area contributed by atoms with Crippen LogP contribution < -0.4 is 0 Å². The van der Waals surface area contributed by atoms with E-state index in [1.54, 1.807) is 0 Å². The van der Waals surface area contributed by atoms with E-state index in [4.69, 9.17) is 19.9 Å². The fourth-order valence-electron chi connectivity index (χ4n) is 9.71. The van der Waals surface area contributed by atoms with Crippen molar-refractivity contribution >= 4 is 10.8 Å². The van der Waals surface area contributed by atoms with Crippen LogP contribution in [0.25, 0.3) is 101 Å². The number of pyridine rings is 2. The minimum absolute atomic E-state index is 0. The molecule has 0 bridgehead atoms. The Morgan fingerprint density at radius 2 is 0.838 bits per heavy atom. The largest absolute Gasteiger partial charge is 0.304 e. The van der Waals surface area contributed by atoms with Crippen molar-refractivity contribution in [1.82, 2.24) is 24.9 Å². The van der Waals surface area contributed by atoms with Crippen molar-refractivity contribution in [3.8, 4) is 90.1 Å². The number of fused-ring (bicyclic) bond motifs is 1. The third-order valence-corrected chi connectivity index (χ3v) is 14.7. The second-order valence-electron chi connectivity index (χ2n) is 23.9. The van der Waals surface area contributed by atoms with Gasteiger partial charge in [0, 0.05) is 49.2 Å². The molecule has 80 heavy (non-hydrogen) atoms. The molecule has 0 fully saturated rings. The van der Waals surface area contributed by atoms with Gasteiger partial charge in [0.2, 0.25) is 0 Å². The first kappa shape index (κ1) is 56.7. The molecule has 0 amide bonds. The minimum atomic E-state index is 0. The maximum absolute atomic E-state index is 4.90. The predicted octanol–water partition coefficient (Wildman–Crippen LogP) is 19.5. The fourth-order valence-corrected chi connectivity index (χ4v) is 9.71. The van der Waals surface area contributed by atoms with Gasteiger partial charge in [-0.25, -0.2) is 15.0 Å². The first-order valence-electron chi connectivity index (χ1n) is 27.5. The molecule has 0 unspecified atom stereocenters. The summed E-state index contributed by atoms with van der Waals surface area (Å²) in [6, 6.07) is 77.4. The summed E-state index contributed by atoms with van der Waals surface area (Å²) in [4.78, 5) is 24.1. The Hall–Kier alpha value is -8.02. The van der Waals surface area contributed by atoms with Crippen LogP contribution in [0.15, 0.2) is 213 Å². The molecule has 3 aromatic heterocycles. The first-order chi connectivity index (χ1) is 37.8. The van der Waals surface area contributed by atoms with Crippen LogP contribution in [-0.2, 0) is 36.4 Å². The molecule has 0 atom stereocenters. The van der Waals surface area contributed by atoms with Crippen molar-refractivity contribution in [3.05, 3.63) is 247 Å². The van der Waals surface area contributed by atoms with Crippen molar-refractivity contribution in [2.75, 3.05) is 0 Å². The van der Waals surface area contributed by atoms with Crippen LogP contribution in [0.3, 0.4) is 0 Å². The molecule has 8 aromatic carbocycles. The van der Waals surface area contributed by atoms with E-state index in [1.165, 1.54) is 55.5 Å². The SMILES string of the molecule is CC(C)(C)c1ccc(-c2nc(-c3ccc(C(C)(C)C)cc3)nc(-c3ccc(-c4[c-]cccc4)nc3)n2)cc1.CC(C)c1ccc(-c2cc(-c3ccc(C(C)(C)C)cc3)cc(-c3cc[c-]c(-c4nccc5ccccc45)c3)c2)cc1.[Ir]. The molecular formula is C74H69IrN5-2. The van der Waals surface area contributed by atoms with Crippen LogP contribution in [0, 0.1) is 12.1 Å². The molecule has 401 valence electrons. The maximum atomic E-state index is 4.90. The molecule has 0 saturated carbocycles. The number of rotatable bonds is 9. The zero-order valence-electron chi connectivity index (χ0n) is 47.9. The average molecular weight is 1220 g/mol. The van der Waals surface area contributed by atoms with Gasteiger partial charge in [-0.15, -0.1) is 71.3 Å². The zero-order chi connectivity index (χ0) is 55.5. The van der Waals surface area contributed by atoms with E-state index in [0.717, 1.165) is 50.2 Å². The Morgan fingerprint density at radius 1 is 0.375 bits per heavy atom. The molecule has 11 aromatic rings. The molecule has 11 rings (SSSR count). The van der Waals surface area contributed by atoms with E-state index in [-0.39, 0.29) is 36.4 Å². The van der Waals surface area contributed by atoms with E-state index < -0.39 is 0 Å². The molecule has 3 heterocycles. The third kappa shape index (κ3) is 13.2. The van der Waals surface area contributed by atoms with E-state index in [0.29, 0.717) is 23.4 Å². The molecule has 0 aliphatic carbocycles. The quantitative estimate of drug-likeness (QED) is 0.135. The van der Waals surface area contributed by atoms with Gasteiger partial charge < -0.3 is 9.97 Å². The maximum Gasteiger partial charge on any atom is 0.165 e. The molecule has 1 radical (unpaired) electrons. The van der Waals surface area contributed by atoms with Gasteiger partial charge in [-0.1, -0.05) is 210 Å². The molecule has 0 spiro atoms. The molecule has 0 N–H and O–H groups in total. The first-order valence-corrected chi connectivity index (χ1v) is 27.5. The van der Waals surface area contributed by atoms with Gasteiger partial charge in [-0.05, 0) is 119 Å². The van der Waals surface area contributed by atoms with Crippen LogP contribution in [0.1, 0.15) is 104 Å². The second kappa shape index (κ2) is 23.7. The number of hydrogen-bond donors (Lipinski definition) is 0. The summed E-state index contributed by atoms with van der Waals surface area (Å²) in [5.41, 5.74) is 19.2. The van der Waals surface area contributed by atoms with Crippen LogP contribution in [0.2, 0.25) is 0 Å². The van der Waals surface area contributed by atoms with Gasteiger partial charge in [0.25, 0.3) is 0 Å². The second-order valence-corrected chi connectivity index (χ2v) is 23.9. The van der Waals surface area contributed by atoms with Gasteiger partial charge in [0.15, 0.2) is 17.5 Å². The van der Waals surface area contributed by atoms with E-state index in [2.05, 4.69) is 251 Å². The van der Waals surface area contributed by atoms with Crippen molar-refractivity contribution in [1.29, 1.82) is 0 Å². The molecule has 6 heteroatoms. The summed E-state index contributed by atoms with van der Waals surface area (Å²) in [5, 5.41) is 2.33. The van der Waals surface area contributed by atoms with Crippen molar-refractivity contribution in [3.63, 3.8) is 0 Å². The van der Waals surface area contributed by atoms with Crippen molar-refractivity contribution < 1.29 is 20.1 Å². The van der Waals surface area contributed by atoms with Crippen LogP contribution in [0.4, 0.5) is 0 Å². The van der Waals surface area contributed by atoms with Gasteiger partial charge >= 0.3 is 0 Å². The standard InChI is InChI=1S/C40H36N.C34H33N4.Ir/c1-27(2)28-13-15-29(16-14-28)34-24-35(30-17-19-37(20-18-30)40(3,4)5)26-36(25-34)32-10-8-11-33(23-32)39-38-12-7-6-9-31(38)21-22-41-39;1-33(2,3)27-17-12-24(13-18-27)30-36-31(25-14-19-28(20-15-25)34(4,5)6)38-32(37-30)26-16-21-29(35-22-26)23-10-8-7-9-11-23;/h6-10,12-27H,1-5H3;7-10,12-22H,1-6H3;/q2*-1;. The van der Waals surface area contributed by atoms with Crippen molar-refractivity contribution in [2.45, 2.75) is 98.3 Å². The normalized spacial score (nSPS) is 11.7. The average Bonchev–Trinajstić information content (AvgIpc) is 3.48. The van der Waals surface area contributed by atoms with Gasteiger partial charge in [-0.2, -0.15) is 0 Å². The van der Waals surface area contributed by atoms with Gasteiger partial charge in [0.1, 0.15) is 0 Å². The minimum Gasteiger partial charge on any atom is -0.304 e. The summed E-state index contributed by atoms with van der Waals surface area (Å²) in [6.45, 7) is 24.5.